The summed E-state index contributed by atoms with van der Waals surface area (Å²) >= 11 is 0. The van der Waals surface area contributed by atoms with E-state index in [0.29, 0.717) is 0 Å². The van der Waals surface area contributed by atoms with Gasteiger partial charge >= 0.3 is 5.97 Å². The number of nitrogens with one attached hydrogen (secondary N) is 1. The Morgan fingerprint density at radius 3 is 2.56 bits per heavy atom. The molecule has 0 radical (unpaired) electrons. The summed E-state index contributed by atoms with van der Waals surface area (Å²) in [6.07, 6.45) is -1.24. The molecule has 34 heavy (non-hydrogen) atoms. The van der Waals surface area contributed by atoms with Gasteiger partial charge in [-0.3, -0.25) is 19.7 Å². The maximum Gasteiger partial charge on any atom is 0.325 e. The van der Waals surface area contributed by atoms with Crippen LogP contribution in [0.2, 0.25) is 0 Å². The number of carbonyl (C=O) groups excluding carboxylic acids is 2. The van der Waals surface area contributed by atoms with Gasteiger partial charge in [0.15, 0.2) is 6.61 Å². The summed E-state index contributed by atoms with van der Waals surface area (Å²) < 4.78 is 32.2. The standard InChI is InChI=1S/C22H25N3O8S/c1-13-7-8-17(9-14(13)2)34(31,32)24-11-16(26)10-20(24)22(28)33-12-21(27)23-18-5-4-6-19(15(18)3)25(29)30/h4-9,16,20,26H,10-12H2,1-3H3,(H,23,27). The minimum Gasteiger partial charge on any atom is -0.454 e. The molecule has 0 spiro atoms. The molecule has 1 aliphatic heterocycles. The van der Waals surface area contributed by atoms with Crippen LogP contribution in [0.4, 0.5) is 11.4 Å². The molecule has 1 fully saturated rings. The maximum atomic E-state index is 13.1. The average Bonchev–Trinajstić information content (AvgIpc) is 3.17. The fourth-order valence-corrected chi connectivity index (χ4v) is 5.36. The minimum atomic E-state index is -4.10. The van der Waals surface area contributed by atoms with E-state index in [1.165, 1.54) is 37.3 Å². The molecule has 2 N–H and O–H groups in total. The van der Waals surface area contributed by atoms with E-state index in [-0.39, 0.29) is 34.8 Å². The largest absolute Gasteiger partial charge is 0.454 e. The van der Waals surface area contributed by atoms with Gasteiger partial charge in [0.2, 0.25) is 10.0 Å². The first-order chi connectivity index (χ1) is 15.9. The Morgan fingerprint density at radius 1 is 1.21 bits per heavy atom. The van der Waals surface area contributed by atoms with Crippen molar-refractivity contribution < 1.29 is 32.8 Å². The molecule has 0 saturated carbocycles. The summed E-state index contributed by atoms with van der Waals surface area (Å²) in [5.41, 5.74) is 1.90. The summed E-state index contributed by atoms with van der Waals surface area (Å²) in [6, 6.07) is 7.44. The van der Waals surface area contributed by atoms with Crippen LogP contribution in [0.5, 0.6) is 0 Å². The smallest absolute Gasteiger partial charge is 0.325 e. The van der Waals surface area contributed by atoms with Gasteiger partial charge in [0.1, 0.15) is 6.04 Å². The van der Waals surface area contributed by atoms with Crippen LogP contribution in [0.25, 0.3) is 0 Å². The summed E-state index contributed by atoms with van der Waals surface area (Å²) in [5, 5.41) is 23.5. The molecular weight excluding hydrogens is 466 g/mol. The van der Waals surface area contributed by atoms with E-state index in [9.17, 15) is 33.2 Å². The second-order valence-electron chi connectivity index (χ2n) is 8.09. The number of hydrogen-bond donors (Lipinski definition) is 2. The van der Waals surface area contributed by atoms with Crippen molar-refractivity contribution in [2.75, 3.05) is 18.5 Å². The van der Waals surface area contributed by atoms with Crippen LogP contribution in [-0.4, -0.2) is 59.9 Å². The van der Waals surface area contributed by atoms with Crippen molar-refractivity contribution >= 4 is 33.3 Å². The molecule has 3 rings (SSSR count). The predicted molar refractivity (Wildman–Crippen MR) is 122 cm³/mol. The van der Waals surface area contributed by atoms with E-state index in [1.807, 2.05) is 6.92 Å². The molecule has 2 unspecified atom stereocenters. The van der Waals surface area contributed by atoms with Crippen molar-refractivity contribution in [2.45, 2.75) is 44.2 Å². The summed E-state index contributed by atoms with van der Waals surface area (Å²) in [5.74, 6) is -1.73. The molecule has 1 aliphatic rings. The molecule has 0 bridgehead atoms. The summed E-state index contributed by atoms with van der Waals surface area (Å²) in [6.45, 7) is 4.06. The van der Waals surface area contributed by atoms with E-state index in [0.717, 1.165) is 15.4 Å². The van der Waals surface area contributed by atoms with Gasteiger partial charge in [-0.2, -0.15) is 4.31 Å². The molecule has 2 atom stereocenters. The third kappa shape index (κ3) is 5.24. The number of hydrogen-bond acceptors (Lipinski definition) is 8. The molecule has 0 aromatic heterocycles. The van der Waals surface area contributed by atoms with E-state index in [2.05, 4.69) is 5.32 Å². The van der Waals surface area contributed by atoms with Crippen LogP contribution < -0.4 is 5.32 Å². The molecule has 1 amide bonds. The average molecular weight is 492 g/mol. The van der Waals surface area contributed by atoms with Crippen LogP contribution in [-0.2, 0) is 24.3 Å². The maximum absolute atomic E-state index is 13.1. The Labute approximate surface area is 196 Å². The van der Waals surface area contributed by atoms with Crippen molar-refractivity contribution in [3.8, 4) is 0 Å². The third-order valence-corrected chi connectivity index (χ3v) is 7.58. The van der Waals surface area contributed by atoms with Gasteiger partial charge in [-0.25, -0.2) is 8.42 Å². The first-order valence-electron chi connectivity index (χ1n) is 10.4. The van der Waals surface area contributed by atoms with Gasteiger partial charge in [-0.15, -0.1) is 0 Å². The van der Waals surface area contributed by atoms with E-state index in [4.69, 9.17) is 4.74 Å². The normalized spacial score (nSPS) is 18.5. The van der Waals surface area contributed by atoms with Gasteiger partial charge in [0, 0.05) is 19.0 Å². The lowest BCUT2D eigenvalue weighted by atomic mass is 10.1. The number of carbonyl (C=O) groups is 2. The fourth-order valence-electron chi connectivity index (χ4n) is 3.65. The minimum absolute atomic E-state index is 0.0126. The molecule has 2 aromatic carbocycles. The summed E-state index contributed by atoms with van der Waals surface area (Å²) in [7, 11) is -4.10. The Kier molecular flexibility index (Phi) is 7.34. The number of sulfonamides is 1. The first-order valence-corrected chi connectivity index (χ1v) is 11.8. The third-order valence-electron chi connectivity index (χ3n) is 5.71. The number of nitro benzene ring substituents is 1. The number of amides is 1. The quantitative estimate of drug-likeness (QED) is 0.337. The van der Waals surface area contributed by atoms with Crippen LogP contribution in [0.3, 0.4) is 0 Å². The van der Waals surface area contributed by atoms with Gasteiger partial charge in [-0.1, -0.05) is 12.1 Å². The van der Waals surface area contributed by atoms with Gasteiger partial charge in [0.05, 0.1) is 27.2 Å². The monoisotopic (exact) mass is 491 g/mol. The fraction of sp³-hybridized carbons (Fsp3) is 0.364. The first kappa shape index (κ1) is 25.3. The molecule has 1 heterocycles. The van der Waals surface area contributed by atoms with Crippen LogP contribution >= 0.6 is 0 Å². The van der Waals surface area contributed by atoms with Crippen molar-refractivity contribution in [1.29, 1.82) is 0 Å². The van der Waals surface area contributed by atoms with Crippen molar-refractivity contribution in [3.63, 3.8) is 0 Å². The number of ether oxygens (including phenoxy) is 1. The number of aliphatic hydroxyl groups is 1. The lowest BCUT2D eigenvalue weighted by Crippen LogP contribution is -2.42. The van der Waals surface area contributed by atoms with Crippen LogP contribution in [0, 0.1) is 30.9 Å². The zero-order chi connectivity index (χ0) is 25.2. The molecule has 1 saturated heterocycles. The number of aliphatic hydroxyl groups excluding tert-OH is 1. The van der Waals surface area contributed by atoms with Crippen molar-refractivity contribution in [1.82, 2.24) is 4.31 Å². The number of β-amino-alcohol motifs (C(OH)–C–C–N with tert-alkyl or cyclic N) is 1. The van der Waals surface area contributed by atoms with Crippen LogP contribution in [0.15, 0.2) is 41.3 Å². The lowest BCUT2D eigenvalue weighted by Gasteiger charge is -2.22. The van der Waals surface area contributed by atoms with E-state index >= 15 is 0 Å². The topological polar surface area (TPSA) is 156 Å². The number of benzene rings is 2. The van der Waals surface area contributed by atoms with Crippen molar-refractivity contribution in [3.05, 3.63) is 63.2 Å². The Bertz CT molecular complexity index is 1240. The lowest BCUT2D eigenvalue weighted by molar-refractivity contribution is -0.385. The van der Waals surface area contributed by atoms with E-state index in [1.54, 1.807) is 13.0 Å². The number of aryl methyl sites for hydroxylation is 2. The molecular formula is C22H25N3O8S. The molecule has 2 aromatic rings. The number of nitrogens with zero attached hydrogens (tertiary/aromatic N) is 2. The second kappa shape index (κ2) is 9.87. The summed E-state index contributed by atoms with van der Waals surface area (Å²) in [4.78, 5) is 35.4. The zero-order valence-electron chi connectivity index (χ0n) is 18.8. The molecule has 182 valence electrons. The number of nitro groups is 1. The van der Waals surface area contributed by atoms with Gasteiger partial charge in [0.25, 0.3) is 11.6 Å². The highest BCUT2D eigenvalue weighted by Gasteiger charge is 2.44. The Morgan fingerprint density at radius 2 is 1.91 bits per heavy atom. The van der Waals surface area contributed by atoms with Gasteiger partial charge < -0.3 is 15.2 Å². The van der Waals surface area contributed by atoms with E-state index < -0.39 is 45.6 Å². The highest BCUT2D eigenvalue weighted by molar-refractivity contribution is 7.89. The predicted octanol–water partition coefficient (Wildman–Crippen LogP) is 1.83. The molecule has 12 heteroatoms. The SMILES string of the molecule is Cc1ccc(S(=O)(=O)N2CC(O)CC2C(=O)OCC(=O)Nc2cccc([N+](=O)[O-])c2C)cc1C. The number of anilines is 1. The highest BCUT2D eigenvalue weighted by atomic mass is 32.2. The van der Waals surface area contributed by atoms with Crippen LogP contribution in [0.1, 0.15) is 23.1 Å². The zero-order valence-corrected chi connectivity index (χ0v) is 19.7. The highest BCUT2D eigenvalue weighted by Crippen LogP contribution is 2.28. The Balaban J connectivity index is 1.70. The van der Waals surface area contributed by atoms with Gasteiger partial charge in [-0.05, 0) is 50.1 Å². The molecule has 0 aliphatic carbocycles. The molecule has 11 nitrogen and oxygen atoms in total. The van der Waals surface area contributed by atoms with Crippen molar-refractivity contribution in [2.24, 2.45) is 0 Å². The number of esters is 1. The second-order valence-corrected chi connectivity index (χ2v) is 9.98. The number of rotatable bonds is 7. The Hall–Kier alpha value is -3.35.